The van der Waals surface area contributed by atoms with E-state index < -0.39 is 34.0 Å². The van der Waals surface area contributed by atoms with Gasteiger partial charge in [-0.05, 0) is 56.3 Å². The lowest BCUT2D eigenvalue weighted by Crippen LogP contribution is -2.48. The van der Waals surface area contributed by atoms with Crippen LogP contribution in [0.4, 0.5) is 29.3 Å². The average Bonchev–Trinajstić information content (AvgIpc) is 2.76. The average molecular weight is 550 g/mol. The molecule has 3 rings (SSSR count). The maximum absolute atomic E-state index is 13.5. The number of halogens is 4. The highest BCUT2D eigenvalue weighted by molar-refractivity contribution is 7.92. The molecule has 2 aromatic rings. The van der Waals surface area contributed by atoms with Gasteiger partial charge in [0, 0.05) is 17.6 Å². The van der Waals surface area contributed by atoms with Crippen molar-refractivity contribution in [2.45, 2.75) is 43.5 Å². The Bertz CT molecular complexity index is 1250. The molecule has 0 unspecified atom stereocenters. The summed E-state index contributed by atoms with van der Waals surface area (Å²) >= 11 is 5.87. The van der Waals surface area contributed by atoms with Crippen molar-refractivity contribution in [1.82, 2.24) is 5.32 Å². The second-order valence-electron chi connectivity index (χ2n) is 8.37. The summed E-state index contributed by atoms with van der Waals surface area (Å²) in [5.74, 6) is -0.222. The highest BCUT2D eigenvalue weighted by atomic mass is 35.5. The molecule has 0 saturated carbocycles. The Kier molecular flexibility index (Phi) is 7.65. The van der Waals surface area contributed by atoms with Gasteiger partial charge in [0.05, 0.1) is 23.7 Å². The van der Waals surface area contributed by atoms with Crippen LogP contribution in [0.5, 0.6) is 5.75 Å². The summed E-state index contributed by atoms with van der Waals surface area (Å²) in [6, 6.07) is 9.34. The molecular formula is C22H23ClF3N3O6S. The van der Waals surface area contributed by atoms with Gasteiger partial charge in [0.25, 0.3) is 10.0 Å². The first-order chi connectivity index (χ1) is 16.6. The number of nitrogens with one attached hydrogen (secondary N) is 2. The maximum atomic E-state index is 13.5. The van der Waals surface area contributed by atoms with Crippen LogP contribution >= 0.6 is 11.6 Å². The Morgan fingerprint density at radius 1 is 1.17 bits per heavy atom. The van der Waals surface area contributed by atoms with Crippen LogP contribution in [-0.2, 0) is 19.6 Å². The third-order valence-electron chi connectivity index (χ3n) is 5.15. The van der Waals surface area contributed by atoms with E-state index >= 15 is 0 Å². The van der Waals surface area contributed by atoms with Crippen LogP contribution in [0.25, 0.3) is 0 Å². The largest absolute Gasteiger partial charge is 0.484 e. The summed E-state index contributed by atoms with van der Waals surface area (Å²) in [6.45, 7) is 2.51. The molecule has 1 aliphatic rings. The third-order valence-corrected chi connectivity index (χ3v) is 7.19. The van der Waals surface area contributed by atoms with Crippen LogP contribution < -0.4 is 19.7 Å². The summed E-state index contributed by atoms with van der Waals surface area (Å²) in [5, 5.41) is 5.07. The van der Waals surface area contributed by atoms with Crippen molar-refractivity contribution >= 4 is 45.0 Å². The van der Waals surface area contributed by atoms with Crippen molar-refractivity contribution in [2.24, 2.45) is 0 Å². The lowest BCUT2D eigenvalue weighted by atomic mass is 10.1. The first-order valence-electron chi connectivity index (χ1n) is 10.5. The number of alkyl halides is 3. The second kappa shape index (κ2) is 10.1. The van der Waals surface area contributed by atoms with Crippen LogP contribution in [0, 0.1) is 0 Å². The van der Waals surface area contributed by atoms with Crippen molar-refractivity contribution in [3.63, 3.8) is 0 Å². The number of carbonyl (C=O) groups is 2. The van der Waals surface area contributed by atoms with Crippen LogP contribution in [0.15, 0.2) is 47.4 Å². The quantitative estimate of drug-likeness (QED) is 0.555. The number of sulfonamides is 1. The van der Waals surface area contributed by atoms with Gasteiger partial charge in [-0.25, -0.2) is 13.2 Å². The molecule has 0 radical (unpaired) electrons. The Morgan fingerprint density at radius 2 is 1.81 bits per heavy atom. The molecule has 0 aromatic heterocycles. The number of rotatable bonds is 6. The minimum absolute atomic E-state index is 0.0142. The lowest BCUT2D eigenvalue weighted by molar-refractivity contribution is -0.242. The van der Waals surface area contributed by atoms with E-state index in [-0.39, 0.29) is 41.0 Å². The highest BCUT2D eigenvalue weighted by Crippen LogP contribution is 2.39. The SMILES string of the molecule is CC(=O)NC[C@H]1CN(S(=O)(=O)c2ccc(Cl)cc2)c2cc(NC(=O)OC(C)(C)C(F)(F)F)ccc2O1. The molecule has 36 heavy (non-hydrogen) atoms. The minimum atomic E-state index is -4.81. The number of hydrogen-bond donors (Lipinski definition) is 2. The molecule has 14 heteroatoms. The Hall–Kier alpha value is -3.19. The monoisotopic (exact) mass is 549 g/mol. The van der Waals surface area contributed by atoms with Gasteiger partial charge < -0.3 is 14.8 Å². The van der Waals surface area contributed by atoms with Crippen molar-refractivity contribution in [3.8, 4) is 5.75 Å². The lowest BCUT2D eigenvalue weighted by Gasteiger charge is -2.35. The van der Waals surface area contributed by atoms with Crippen molar-refractivity contribution in [2.75, 3.05) is 22.7 Å². The number of anilines is 2. The topological polar surface area (TPSA) is 114 Å². The van der Waals surface area contributed by atoms with Crippen molar-refractivity contribution < 1.29 is 40.7 Å². The number of fused-ring (bicyclic) bond motifs is 1. The standard InChI is InChI=1S/C22H23ClF3N3O6S/c1-13(30)27-11-16-12-29(36(32,33)17-7-4-14(23)5-8-17)18-10-15(6-9-19(18)34-16)28-20(31)35-21(2,3)22(24,25)26/h4-10,16H,11-12H2,1-3H3,(H,27,30)(H,28,31)/t16-/m0/s1. The van der Waals surface area contributed by atoms with E-state index in [0.717, 1.165) is 4.31 Å². The molecule has 0 fully saturated rings. The van der Waals surface area contributed by atoms with E-state index in [9.17, 15) is 31.2 Å². The molecule has 0 aliphatic carbocycles. The van der Waals surface area contributed by atoms with Gasteiger partial charge in [-0.2, -0.15) is 13.2 Å². The fourth-order valence-electron chi connectivity index (χ4n) is 3.15. The molecule has 1 heterocycles. The summed E-state index contributed by atoms with van der Waals surface area (Å²) in [5.41, 5.74) is -2.76. The molecular weight excluding hydrogens is 527 g/mol. The fourth-order valence-corrected chi connectivity index (χ4v) is 4.77. The predicted octanol–water partition coefficient (Wildman–Crippen LogP) is 4.32. The number of hydrogen-bond acceptors (Lipinski definition) is 6. The molecule has 0 bridgehead atoms. The van der Waals surface area contributed by atoms with E-state index in [1.165, 1.54) is 49.4 Å². The van der Waals surface area contributed by atoms with E-state index in [1.807, 2.05) is 0 Å². The predicted molar refractivity (Wildman–Crippen MR) is 126 cm³/mol. The van der Waals surface area contributed by atoms with E-state index in [1.54, 1.807) is 0 Å². The molecule has 1 aliphatic heterocycles. The van der Waals surface area contributed by atoms with Crippen LogP contribution in [0.2, 0.25) is 5.02 Å². The molecule has 196 valence electrons. The Balaban J connectivity index is 1.95. The van der Waals surface area contributed by atoms with Crippen molar-refractivity contribution in [1.29, 1.82) is 0 Å². The zero-order valence-corrected chi connectivity index (χ0v) is 20.9. The number of carbonyl (C=O) groups excluding carboxylic acids is 2. The summed E-state index contributed by atoms with van der Waals surface area (Å²) in [7, 11) is -4.17. The van der Waals surface area contributed by atoms with Crippen molar-refractivity contribution in [3.05, 3.63) is 47.5 Å². The minimum Gasteiger partial charge on any atom is -0.484 e. The molecule has 2 amide bonds. The molecule has 1 atom stereocenters. The van der Waals surface area contributed by atoms with E-state index in [0.29, 0.717) is 18.9 Å². The van der Waals surface area contributed by atoms with Crippen LogP contribution in [-0.4, -0.2) is 51.4 Å². The zero-order valence-electron chi connectivity index (χ0n) is 19.3. The first kappa shape index (κ1) is 27.4. The highest BCUT2D eigenvalue weighted by Gasteiger charge is 2.51. The van der Waals surface area contributed by atoms with Gasteiger partial charge >= 0.3 is 12.3 Å². The number of benzene rings is 2. The number of ether oxygens (including phenoxy) is 2. The fraction of sp³-hybridized carbons (Fsp3) is 0.364. The Labute approximate surface area is 210 Å². The summed E-state index contributed by atoms with van der Waals surface area (Å²) < 4.78 is 77.4. The molecule has 0 spiro atoms. The van der Waals surface area contributed by atoms with Gasteiger partial charge in [0.1, 0.15) is 11.9 Å². The molecule has 0 saturated heterocycles. The van der Waals surface area contributed by atoms with E-state index in [4.69, 9.17) is 16.3 Å². The van der Waals surface area contributed by atoms with Gasteiger partial charge in [-0.1, -0.05) is 11.6 Å². The van der Waals surface area contributed by atoms with Crippen LogP contribution in [0.3, 0.4) is 0 Å². The van der Waals surface area contributed by atoms with Crippen LogP contribution in [0.1, 0.15) is 20.8 Å². The normalized spacial score (nSPS) is 16.0. The molecule has 9 nitrogen and oxygen atoms in total. The van der Waals surface area contributed by atoms with Gasteiger partial charge in [-0.15, -0.1) is 0 Å². The second-order valence-corrected chi connectivity index (χ2v) is 10.7. The summed E-state index contributed by atoms with van der Waals surface area (Å²) in [4.78, 5) is 23.4. The Morgan fingerprint density at radius 3 is 2.39 bits per heavy atom. The molecule has 2 aromatic carbocycles. The number of nitrogens with zero attached hydrogens (tertiary/aromatic N) is 1. The van der Waals surface area contributed by atoms with Gasteiger partial charge in [-0.3, -0.25) is 14.4 Å². The van der Waals surface area contributed by atoms with Gasteiger partial charge in [0.2, 0.25) is 11.5 Å². The maximum Gasteiger partial charge on any atom is 0.427 e. The van der Waals surface area contributed by atoms with E-state index in [2.05, 4.69) is 15.4 Å². The number of amides is 2. The summed E-state index contributed by atoms with van der Waals surface area (Å²) in [6.07, 6.45) is -6.94. The first-order valence-corrected chi connectivity index (χ1v) is 12.3. The van der Waals surface area contributed by atoms with Gasteiger partial charge in [0.15, 0.2) is 0 Å². The smallest absolute Gasteiger partial charge is 0.427 e. The third kappa shape index (κ3) is 6.13. The molecule has 2 N–H and O–H groups in total. The zero-order chi connectivity index (χ0) is 26.9.